The molecule has 1 fully saturated rings. The quantitative estimate of drug-likeness (QED) is 0.845. The van der Waals surface area contributed by atoms with Crippen molar-refractivity contribution >= 4 is 5.69 Å². The Labute approximate surface area is 136 Å². The van der Waals surface area contributed by atoms with Gasteiger partial charge in [-0.3, -0.25) is 4.79 Å². The van der Waals surface area contributed by atoms with Crippen molar-refractivity contribution in [3.05, 3.63) is 46.4 Å². The van der Waals surface area contributed by atoms with Crippen LogP contribution in [0.3, 0.4) is 0 Å². The van der Waals surface area contributed by atoms with Crippen LogP contribution >= 0.6 is 0 Å². The number of anilines is 1. The molecule has 0 spiro atoms. The molecule has 2 aliphatic rings. The predicted octanol–water partition coefficient (Wildman–Crippen LogP) is 1.07. The number of aromatic nitrogens is 2. The molecule has 0 aliphatic carbocycles. The molecule has 3 heterocycles. The molecule has 1 aromatic heterocycles. The minimum absolute atomic E-state index is 0.0268. The smallest absolute Gasteiger partial charge is 0.316 e. The van der Waals surface area contributed by atoms with Crippen LogP contribution in [0.5, 0.6) is 5.75 Å². The van der Waals surface area contributed by atoms with Crippen LogP contribution in [0.1, 0.15) is 6.92 Å². The van der Waals surface area contributed by atoms with Crippen molar-refractivity contribution in [2.45, 2.75) is 19.1 Å². The number of halogens is 2. The minimum Gasteiger partial charge on any atom is -0.481 e. The van der Waals surface area contributed by atoms with E-state index in [9.17, 15) is 13.6 Å². The Morgan fingerprint density at radius 1 is 1.29 bits per heavy atom. The van der Waals surface area contributed by atoms with E-state index in [1.54, 1.807) is 0 Å². The van der Waals surface area contributed by atoms with Crippen molar-refractivity contribution in [1.29, 1.82) is 0 Å². The summed E-state index contributed by atoms with van der Waals surface area (Å²) in [5.74, 6) is -1.37. The van der Waals surface area contributed by atoms with E-state index in [0.717, 1.165) is 42.5 Å². The highest BCUT2D eigenvalue weighted by Gasteiger charge is 2.37. The molecule has 1 aromatic carbocycles. The van der Waals surface area contributed by atoms with E-state index >= 15 is 0 Å². The van der Waals surface area contributed by atoms with Gasteiger partial charge in [0.05, 0.1) is 17.9 Å². The molecule has 1 N–H and O–H groups in total. The zero-order chi connectivity index (χ0) is 16.8. The number of rotatable bonds is 1. The molecule has 2 aliphatic heterocycles. The fourth-order valence-electron chi connectivity index (χ4n) is 3.30. The zero-order valence-electron chi connectivity index (χ0n) is 13.0. The monoisotopic (exact) mass is 334 g/mol. The highest BCUT2D eigenvalue weighted by atomic mass is 19.1. The van der Waals surface area contributed by atoms with E-state index in [1.807, 2.05) is 6.92 Å². The number of ether oxygens (including phenoxy) is 1. The van der Waals surface area contributed by atoms with Gasteiger partial charge in [0.25, 0.3) is 0 Å². The van der Waals surface area contributed by atoms with Crippen molar-refractivity contribution in [3.63, 3.8) is 0 Å². The standard InChI is InChI=1S/C16H16F2N4O2/c1-9-13-7-19-2-3-21(13)14-8-20-22(16(23)15(14)24-9)12-5-10(17)4-11(18)6-12/h4-6,8-9,13,19H,2-3,7H2,1H3. The van der Waals surface area contributed by atoms with Crippen molar-refractivity contribution in [1.82, 2.24) is 15.1 Å². The topological polar surface area (TPSA) is 59.4 Å². The normalized spacial score (nSPS) is 22.5. The first kappa shape index (κ1) is 15.1. The summed E-state index contributed by atoms with van der Waals surface area (Å²) in [6.45, 7) is 4.21. The lowest BCUT2D eigenvalue weighted by molar-refractivity contribution is 0.155. The summed E-state index contributed by atoms with van der Waals surface area (Å²) >= 11 is 0. The fraction of sp³-hybridized carbons (Fsp3) is 0.375. The number of fused-ring (bicyclic) bond motifs is 3. The molecule has 1 saturated heterocycles. The molecule has 4 rings (SSSR count). The van der Waals surface area contributed by atoms with Gasteiger partial charge < -0.3 is 15.0 Å². The van der Waals surface area contributed by atoms with Gasteiger partial charge in [-0.15, -0.1) is 0 Å². The lowest BCUT2D eigenvalue weighted by atomic mass is 10.1. The second kappa shape index (κ2) is 5.55. The van der Waals surface area contributed by atoms with E-state index in [2.05, 4.69) is 15.3 Å². The summed E-state index contributed by atoms with van der Waals surface area (Å²) in [6, 6.07) is 2.99. The van der Waals surface area contributed by atoms with E-state index in [-0.39, 0.29) is 23.6 Å². The zero-order valence-corrected chi connectivity index (χ0v) is 13.0. The Kier molecular flexibility index (Phi) is 3.49. The Hall–Kier alpha value is -2.48. The van der Waals surface area contributed by atoms with Crippen molar-refractivity contribution in [2.75, 3.05) is 24.5 Å². The maximum atomic E-state index is 13.4. The summed E-state index contributed by atoms with van der Waals surface area (Å²) in [6.07, 6.45) is 1.34. The van der Waals surface area contributed by atoms with Crippen LogP contribution in [-0.4, -0.2) is 41.6 Å². The van der Waals surface area contributed by atoms with Crippen LogP contribution in [0.2, 0.25) is 0 Å². The number of nitrogens with zero attached hydrogens (tertiary/aromatic N) is 3. The molecule has 8 heteroatoms. The molecule has 2 aromatic rings. The van der Waals surface area contributed by atoms with Crippen LogP contribution in [0, 0.1) is 11.6 Å². The molecule has 2 atom stereocenters. The molecule has 126 valence electrons. The highest BCUT2D eigenvalue weighted by Crippen LogP contribution is 2.33. The summed E-state index contributed by atoms with van der Waals surface area (Å²) < 4.78 is 33.6. The maximum absolute atomic E-state index is 13.4. The summed E-state index contributed by atoms with van der Waals surface area (Å²) in [5.41, 5.74) is 0.123. The van der Waals surface area contributed by atoms with Crippen LogP contribution in [0.15, 0.2) is 29.2 Å². The molecule has 2 unspecified atom stereocenters. The van der Waals surface area contributed by atoms with E-state index in [1.165, 1.54) is 6.20 Å². The summed E-state index contributed by atoms with van der Waals surface area (Å²) in [4.78, 5) is 14.8. The molecule has 0 saturated carbocycles. The number of hydrogen-bond donors (Lipinski definition) is 1. The first-order chi connectivity index (χ1) is 11.5. The van der Waals surface area contributed by atoms with Crippen molar-refractivity contribution in [3.8, 4) is 11.4 Å². The van der Waals surface area contributed by atoms with Crippen LogP contribution < -0.4 is 20.5 Å². The Morgan fingerprint density at radius 2 is 2.04 bits per heavy atom. The van der Waals surface area contributed by atoms with Crippen molar-refractivity contribution < 1.29 is 13.5 Å². The van der Waals surface area contributed by atoms with Gasteiger partial charge in [0.1, 0.15) is 23.4 Å². The largest absolute Gasteiger partial charge is 0.481 e. The van der Waals surface area contributed by atoms with Crippen molar-refractivity contribution in [2.24, 2.45) is 0 Å². The number of hydrogen-bond acceptors (Lipinski definition) is 5. The number of piperazine rings is 1. The molecule has 0 radical (unpaired) electrons. The van der Waals surface area contributed by atoms with E-state index < -0.39 is 17.2 Å². The average molecular weight is 334 g/mol. The van der Waals surface area contributed by atoms with Gasteiger partial charge in [-0.1, -0.05) is 0 Å². The van der Waals surface area contributed by atoms with Crippen LogP contribution in [0.4, 0.5) is 14.5 Å². The lowest BCUT2D eigenvalue weighted by Crippen LogP contribution is -2.60. The molecule has 0 amide bonds. The van der Waals surface area contributed by atoms with Gasteiger partial charge in [0.2, 0.25) is 5.75 Å². The van der Waals surface area contributed by atoms with Crippen LogP contribution in [-0.2, 0) is 0 Å². The SMILES string of the molecule is CC1Oc2c(cnn(-c3cc(F)cc(F)c3)c2=O)N2CCNCC12. The summed E-state index contributed by atoms with van der Waals surface area (Å²) in [7, 11) is 0. The van der Waals surface area contributed by atoms with Gasteiger partial charge in [-0.25, -0.2) is 8.78 Å². The molecule has 24 heavy (non-hydrogen) atoms. The van der Waals surface area contributed by atoms with Gasteiger partial charge >= 0.3 is 5.56 Å². The lowest BCUT2D eigenvalue weighted by Gasteiger charge is -2.44. The number of nitrogens with one attached hydrogen (secondary N) is 1. The maximum Gasteiger partial charge on any atom is 0.316 e. The fourth-order valence-corrected chi connectivity index (χ4v) is 3.30. The molecular formula is C16H16F2N4O2. The molecular weight excluding hydrogens is 318 g/mol. The molecule has 6 nitrogen and oxygen atoms in total. The molecule has 0 bridgehead atoms. The first-order valence-electron chi connectivity index (χ1n) is 7.77. The Balaban J connectivity index is 1.84. The summed E-state index contributed by atoms with van der Waals surface area (Å²) in [5, 5.41) is 7.39. The second-order valence-corrected chi connectivity index (χ2v) is 5.99. The minimum atomic E-state index is -0.770. The van der Waals surface area contributed by atoms with Gasteiger partial charge in [0.15, 0.2) is 0 Å². The van der Waals surface area contributed by atoms with Gasteiger partial charge in [-0.05, 0) is 19.1 Å². The third kappa shape index (κ3) is 2.34. The Bertz CT molecular complexity index is 834. The Morgan fingerprint density at radius 3 is 2.79 bits per heavy atom. The van der Waals surface area contributed by atoms with E-state index in [0.29, 0.717) is 5.69 Å². The average Bonchev–Trinajstić information content (AvgIpc) is 2.55. The predicted molar refractivity (Wildman–Crippen MR) is 83.8 cm³/mol. The first-order valence-corrected chi connectivity index (χ1v) is 7.77. The van der Waals surface area contributed by atoms with Gasteiger partial charge in [-0.2, -0.15) is 9.78 Å². The second-order valence-electron chi connectivity index (χ2n) is 5.99. The third-order valence-corrected chi connectivity index (χ3v) is 4.44. The van der Waals surface area contributed by atoms with E-state index in [4.69, 9.17) is 4.74 Å². The third-order valence-electron chi connectivity index (χ3n) is 4.44. The van der Waals surface area contributed by atoms with Crippen LogP contribution in [0.25, 0.3) is 5.69 Å². The van der Waals surface area contributed by atoms with Gasteiger partial charge in [0, 0.05) is 25.7 Å². The number of benzene rings is 1. The highest BCUT2D eigenvalue weighted by molar-refractivity contribution is 5.59.